The fourth-order valence-corrected chi connectivity index (χ4v) is 3.70. The minimum atomic E-state index is -0.155. The third-order valence-electron chi connectivity index (χ3n) is 3.46. The summed E-state index contributed by atoms with van der Waals surface area (Å²) < 4.78 is 0.590. The van der Waals surface area contributed by atoms with Crippen LogP contribution in [0.1, 0.15) is 0 Å². The van der Waals surface area contributed by atoms with Crippen molar-refractivity contribution in [1.29, 1.82) is 0 Å². The highest BCUT2D eigenvalue weighted by molar-refractivity contribution is 7.22. The van der Waals surface area contributed by atoms with E-state index in [-0.39, 0.29) is 5.56 Å². The Kier molecular flexibility index (Phi) is 3.44. The van der Waals surface area contributed by atoms with Crippen molar-refractivity contribution in [3.05, 3.63) is 70.2 Å². The summed E-state index contributed by atoms with van der Waals surface area (Å²) in [5, 5.41) is 0.656. The molecule has 0 saturated heterocycles. The molecular weight excluding hydrogens is 330 g/mol. The largest absolute Gasteiger partial charge is 0.305 e. The molecule has 0 saturated carbocycles. The zero-order valence-electron chi connectivity index (χ0n) is 11.8. The number of nitrogens with one attached hydrogen (secondary N) is 1. The van der Waals surface area contributed by atoms with E-state index >= 15 is 0 Å². The first-order chi connectivity index (χ1) is 11.2. The van der Waals surface area contributed by atoms with Crippen LogP contribution >= 0.6 is 22.9 Å². The van der Waals surface area contributed by atoms with Gasteiger partial charge in [0.05, 0.1) is 5.52 Å². The molecular formula is C17H10ClN3OS. The van der Waals surface area contributed by atoms with Crippen LogP contribution in [0, 0.1) is 0 Å². The van der Waals surface area contributed by atoms with Gasteiger partial charge in [-0.15, -0.1) is 11.3 Å². The SMILES string of the molecule is O=c1[nH]c(-c2cccnc2)nc2cc(-c3ccccc3Cl)sc12. The molecule has 4 rings (SSSR count). The first kappa shape index (κ1) is 14.1. The van der Waals surface area contributed by atoms with Crippen LogP contribution in [-0.4, -0.2) is 15.0 Å². The lowest BCUT2D eigenvalue weighted by molar-refractivity contribution is 1.17. The molecule has 0 spiro atoms. The Balaban J connectivity index is 1.92. The van der Waals surface area contributed by atoms with Crippen molar-refractivity contribution < 1.29 is 0 Å². The topological polar surface area (TPSA) is 58.6 Å². The van der Waals surface area contributed by atoms with Crippen LogP contribution < -0.4 is 5.56 Å². The van der Waals surface area contributed by atoms with Gasteiger partial charge in [-0.1, -0.05) is 29.8 Å². The molecule has 0 aliphatic carbocycles. The van der Waals surface area contributed by atoms with Crippen LogP contribution in [-0.2, 0) is 0 Å². The Morgan fingerprint density at radius 2 is 2.00 bits per heavy atom. The van der Waals surface area contributed by atoms with E-state index in [4.69, 9.17) is 11.6 Å². The summed E-state index contributed by atoms with van der Waals surface area (Å²) in [6.07, 6.45) is 3.35. The summed E-state index contributed by atoms with van der Waals surface area (Å²) >= 11 is 7.63. The smallest absolute Gasteiger partial charge is 0.269 e. The highest BCUT2D eigenvalue weighted by atomic mass is 35.5. The minimum Gasteiger partial charge on any atom is -0.305 e. The maximum atomic E-state index is 12.4. The number of benzene rings is 1. The minimum absolute atomic E-state index is 0.155. The number of fused-ring (bicyclic) bond motifs is 1. The van der Waals surface area contributed by atoms with E-state index in [1.807, 2.05) is 42.5 Å². The number of hydrogen-bond donors (Lipinski definition) is 1. The van der Waals surface area contributed by atoms with Crippen molar-refractivity contribution >= 4 is 33.2 Å². The van der Waals surface area contributed by atoms with E-state index in [1.165, 1.54) is 11.3 Å². The molecule has 0 aliphatic heterocycles. The molecule has 0 amide bonds. The van der Waals surface area contributed by atoms with Crippen LogP contribution in [0.5, 0.6) is 0 Å². The Bertz CT molecular complexity index is 1060. The van der Waals surface area contributed by atoms with Crippen LogP contribution in [0.15, 0.2) is 59.7 Å². The maximum Gasteiger partial charge on any atom is 0.269 e. The molecule has 0 aliphatic rings. The Morgan fingerprint density at radius 1 is 1.13 bits per heavy atom. The number of thiophene rings is 1. The number of aromatic nitrogens is 3. The van der Waals surface area contributed by atoms with E-state index in [0.717, 1.165) is 16.0 Å². The van der Waals surface area contributed by atoms with Gasteiger partial charge in [0.15, 0.2) is 0 Å². The molecule has 4 nitrogen and oxygen atoms in total. The second kappa shape index (κ2) is 5.61. The molecule has 0 atom stereocenters. The Labute approximate surface area is 140 Å². The van der Waals surface area contributed by atoms with Crippen LogP contribution in [0.2, 0.25) is 5.02 Å². The number of halogens is 1. The van der Waals surface area contributed by atoms with E-state index in [9.17, 15) is 4.79 Å². The van der Waals surface area contributed by atoms with Crippen molar-refractivity contribution in [2.45, 2.75) is 0 Å². The summed E-state index contributed by atoms with van der Waals surface area (Å²) in [5.41, 5.74) is 2.18. The molecule has 0 radical (unpaired) electrons. The first-order valence-corrected chi connectivity index (χ1v) is 8.11. The Morgan fingerprint density at radius 3 is 2.78 bits per heavy atom. The normalized spacial score (nSPS) is 11.0. The molecule has 0 fully saturated rings. The molecule has 23 heavy (non-hydrogen) atoms. The van der Waals surface area contributed by atoms with Gasteiger partial charge in [0.25, 0.3) is 5.56 Å². The standard InChI is InChI=1S/C17H10ClN3OS/c18-12-6-2-1-5-11(12)14-8-13-15(23-14)17(22)21-16(20-13)10-4-3-7-19-9-10/h1-9H,(H,20,21,22). The van der Waals surface area contributed by atoms with Gasteiger partial charge in [0, 0.05) is 33.4 Å². The number of H-pyrrole nitrogens is 1. The quantitative estimate of drug-likeness (QED) is 0.590. The van der Waals surface area contributed by atoms with Gasteiger partial charge in [0.2, 0.25) is 0 Å². The van der Waals surface area contributed by atoms with E-state index in [2.05, 4.69) is 15.0 Å². The lowest BCUT2D eigenvalue weighted by Gasteiger charge is -1.99. The van der Waals surface area contributed by atoms with Crippen molar-refractivity contribution in [2.75, 3.05) is 0 Å². The van der Waals surface area contributed by atoms with Crippen LogP contribution in [0.3, 0.4) is 0 Å². The summed E-state index contributed by atoms with van der Waals surface area (Å²) in [5.74, 6) is 0.513. The van der Waals surface area contributed by atoms with E-state index < -0.39 is 0 Å². The molecule has 1 aromatic carbocycles. The predicted molar refractivity (Wildman–Crippen MR) is 93.9 cm³/mol. The van der Waals surface area contributed by atoms with Gasteiger partial charge < -0.3 is 4.98 Å². The second-order valence-corrected chi connectivity index (χ2v) is 6.42. The molecule has 3 aromatic heterocycles. The summed E-state index contributed by atoms with van der Waals surface area (Å²) in [6, 6.07) is 13.1. The fraction of sp³-hybridized carbons (Fsp3) is 0. The molecule has 6 heteroatoms. The van der Waals surface area contributed by atoms with Gasteiger partial charge in [-0.2, -0.15) is 0 Å². The molecule has 0 bridgehead atoms. The van der Waals surface area contributed by atoms with Crippen molar-refractivity contribution in [3.63, 3.8) is 0 Å². The summed E-state index contributed by atoms with van der Waals surface area (Å²) in [4.78, 5) is 24.7. The number of aromatic amines is 1. The van der Waals surface area contributed by atoms with Gasteiger partial charge in [0.1, 0.15) is 10.5 Å². The van der Waals surface area contributed by atoms with Crippen molar-refractivity contribution in [2.24, 2.45) is 0 Å². The lowest BCUT2D eigenvalue weighted by Crippen LogP contribution is -2.07. The summed E-state index contributed by atoms with van der Waals surface area (Å²) in [6.45, 7) is 0. The summed E-state index contributed by atoms with van der Waals surface area (Å²) in [7, 11) is 0. The zero-order chi connectivity index (χ0) is 15.8. The van der Waals surface area contributed by atoms with Crippen molar-refractivity contribution in [1.82, 2.24) is 15.0 Å². The number of hydrogen-bond acceptors (Lipinski definition) is 4. The highest BCUT2D eigenvalue weighted by Crippen LogP contribution is 2.35. The number of rotatable bonds is 2. The van der Waals surface area contributed by atoms with Gasteiger partial charge in [-0.25, -0.2) is 4.98 Å². The van der Waals surface area contributed by atoms with Crippen LogP contribution in [0.25, 0.3) is 32.0 Å². The molecule has 0 unspecified atom stereocenters. The number of pyridine rings is 1. The average molecular weight is 340 g/mol. The van der Waals surface area contributed by atoms with E-state index in [0.29, 0.717) is 21.1 Å². The molecule has 3 heterocycles. The molecule has 1 N–H and O–H groups in total. The van der Waals surface area contributed by atoms with E-state index in [1.54, 1.807) is 12.4 Å². The second-order valence-electron chi connectivity index (χ2n) is 4.96. The van der Waals surface area contributed by atoms with Gasteiger partial charge in [-0.3, -0.25) is 9.78 Å². The Hall–Kier alpha value is -2.50. The lowest BCUT2D eigenvalue weighted by atomic mass is 10.2. The molecule has 4 aromatic rings. The predicted octanol–water partition coefficient (Wildman–Crippen LogP) is 4.37. The highest BCUT2D eigenvalue weighted by Gasteiger charge is 2.12. The zero-order valence-corrected chi connectivity index (χ0v) is 13.4. The van der Waals surface area contributed by atoms with Crippen LogP contribution in [0.4, 0.5) is 0 Å². The monoisotopic (exact) mass is 339 g/mol. The fourth-order valence-electron chi connectivity index (χ4n) is 2.37. The number of nitrogens with zero attached hydrogens (tertiary/aromatic N) is 2. The molecule has 112 valence electrons. The third-order valence-corrected chi connectivity index (χ3v) is 4.94. The first-order valence-electron chi connectivity index (χ1n) is 6.91. The maximum absolute atomic E-state index is 12.4. The van der Waals surface area contributed by atoms with Crippen molar-refractivity contribution in [3.8, 4) is 21.8 Å². The van der Waals surface area contributed by atoms with Gasteiger partial charge in [-0.05, 0) is 24.3 Å². The average Bonchev–Trinajstić information content (AvgIpc) is 3.00. The third kappa shape index (κ3) is 2.54. The van der Waals surface area contributed by atoms with Gasteiger partial charge >= 0.3 is 0 Å².